The van der Waals surface area contributed by atoms with Crippen LogP contribution >= 0.6 is 11.8 Å². The minimum atomic E-state index is -0.355. The van der Waals surface area contributed by atoms with Crippen LogP contribution in [0, 0.1) is 0 Å². The van der Waals surface area contributed by atoms with Gasteiger partial charge in [0, 0.05) is 11.4 Å². The van der Waals surface area contributed by atoms with E-state index in [1.165, 1.54) is 11.8 Å². The number of methoxy groups -OCH3 is 1. The molecule has 0 aliphatic heterocycles. The van der Waals surface area contributed by atoms with Crippen molar-refractivity contribution in [3.8, 4) is 5.75 Å². The van der Waals surface area contributed by atoms with Gasteiger partial charge in [-0.25, -0.2) is 4.98 Å². The van der Waals surface area contributed by atoms with E-state index in [-0.39, 0.29) is 11.4 Å². The maximum absolute atomic E-state index is 9.36. The fourth-order valence-corrected chi connectivity index (χ4v) is 1.83. The summed E-state index contributed by atoms with van der Waals surface area (Å²) >= 11 is 1.52. The van der Waals surface area contributed by atoms with Crippen LogP contribution in [0.4, 0.5) is 0 Å². The van der Waals surface area contributed by atoms with Gasteiger partial charge in [-0.05, 0) is 19.1 Å². The highest BCUT2D eigenvalue weighted by Gasteiger charge is 2.13. The van der Waals surface area contributed by atoms with Crippen molar-refractivity contribution >= 4 is 11.8 Å². The smallest absolute Gasteiger partial charge is 0.151 e. The summed E-state index contributed by atoms with van der Waals surface area (Å²) in [4.78, 5) is 4.20. The molecule has 14 heavy (non-hydrogen) atoms. The zero-order chi connectivity index (χ0) is 10.6. The average molecular weight is 213 g/mol. The number of nitrogens with zero attached hydrogens (tertiary/aromatic N) is 1. The van der Waals surface area contributed by atoms with Gasteiger partial charge < -0.3 is 9.84 Å². The van der Waals surface area contributed by atoms with Gasteiger partial charge in [0.2, 0.25) is 0 Å². The van der Waals surface area contributed by atoms with Crippen molar-refractivity contribution in [1.82, 2.24) is 4.98 Å². The second-order valence-electron chi connectivity index (χ2n) is 3.07. The minimum Gasteiger partial charge on any atom is -0.494 e. The number of hydrogen-bond acceptors (Lipinski definition) is 4. The number of ether oxygens (including phenoxy) is 1. The van der Waals surface area contributed by atoms with Crippen LogP contribution in [0.3, 0.4) is 0 Å². The Morgan fingerprint density at radius 1 is 1.50 bits per heavy atom. The first-order chi connectivity index (χ1) is 6.65. The first-order valence-electron chi connectivity index (χ1n) is 4.49. The molecule has 0 fully saturated rings. The molecule has 0 saturated carbocycles. The lowest BCUT2D eigenvalue weighted by molar-refractivity contribution is 0.196. The number of thioether (sulfide) groups is 1. The highest BCUT2D eigenvalue weighted by Crippen LogP contribution is 2.30. The van der Waals surface area contributed by atoms with Gasteiger partial charge in [-0.15, -0.1) is 0 Å². The van der Waals surface area contributed by atoms with E-state index in [2.05, 4.69) is 4.98 Å². The molecule has 2 atom stereocenters. The van der Waals surface area contributed by atoms with Crippen molar-refractivity contribution in [1.29, 1.82) is 0 Å². The monoisotopic (exact) mass is 213 g/mol. The van der Waals surface area contributed by atoms with Gasteiger partial charge in [-0.1, -0.05) is 18.7 Å². The van der Waals surface area contributed by atoms with Gasteiger partial charge >= 0.3 is 0 Å². The number of aliphatic hydroxyl groups excluding tert-OH is 1. The lowest BCUT2D eigenvalue weighted by Crippen LogP contribution is -2.15. The van der Waals surface area contributed by atoms with E-state index in [1.807, 2.05) is 19.1 Å². The van der Waals surface area contributed by atoms with Crippen molar-refractivity contribution in [3.63, 3.8) is 0 Å². The summed E-state index contributed by atoms with van der Waals surface area (Å²) in [6.07, 6.45) is 1.37. The van der Waals surface area contributed by atoms with Crippen LogP contribution in [0.15, 0.2) is 23.4 Å². The van der Waals surface area contributed by atoms with Crippen molar-refractivity contribution in [2.75, 3.05) is 7.11 Å². The predicted molar refractivity (Wildman–Crippen MR) is 57.8 cm³/mol. The minimum absolute atomic E-state index is 0.110. The topological polar surface area (TPSA) is 42.4 Å². The lowest BCUT2D eigenvalue weighted by Gasteiger charge is -2.14. The molecule has 1 heterocycles. The summed E-state index contributed by atoms with van der Waals surface area (Å²) in [5.41, 5.74) is 0. The molecule has 0 aliphatic rings. The van der Waals surface area contributed by atoms with E-state index in [1.54, 1.807) is 20.2 Å². The van der Waals surface area contributed by atoms with Gasteiger partial charge in [0.15, 0.2) is 5.75 Å². The number of aliphatic hydroxyl groups is 1. The summed E-state index contributed by atoms with van der Waals surface area (Å²) in [5, 5.41) is 10.3. The average Bonchev–Trinajstić information content (AvgIpc) is 2.18. The number of hydrogen-bond donors (Lipinski definition) is 1. The Morgan fingerprint density at radius 3 is 2.79 bits per heavy atom. The molecule has 0 saturated heterocycles. The Kier molecular flexibility index (Phi) is 4.22. The first-order valence-corrected chi connectivity index (χ1v) is 5.37. The Morgan fingerprint density at radius 2 is 2.21 bits per heavy atom. The van der Waals surface area contributed by atoms with Crippen molar-refractivity contribution < 1.29 is 9.84 Å². The summed E-state index contributed by atoms with van der Waals surface area (Å²) in [7, 11) is 1.62. The van der Waals surface area contributed by atoms with Gasteiger partial charge in [-0.2, -0.15) is 0 Å². The standard InChI is InChI=1S/C10H15NO2S/c1-7(12)8(2)14-10-9(13-3)5-4-6-11-10/h4-8,12H,1-3H3. The van der Waals surface area contributed by atoms with E-state index in [4.69, 9.17) is 4.74 Å². The normalized spacial score (nSPS) is 14.9. The molecule has 4 heteroatoms. The second kappa shape index (κ2) is 5.22. The van der Waals surface area contributed by atoms with Crippen LogP contribution in [0.25, 0.3) is 0 Å². The van der Waals surface area contributed by atoms with Gasteiger partial charge in [0.05, 0.1) is 13.2 Å². The van der Waals surface area contributed by atoms with Crippen molar-refractivity contribution in [2.45, 2.75) is 30.2 Å². The fourth-order valence-electron chi connectivity index (χ4n) is 0.894. The predicted octanol–water partition coefficient (Wildman–Crippen LogP) is 1.95. The third-order valence-electron chi connectivity index (χ3n) is 1.93. The molecule has 3 nitrogen and oxygen atoms in total. The van der Waals surface area contributed by atoms with Gasteiger partial charge in [0.25, 0.3) is 0 Å². The highest BCUT2D eigenvalue weighted by atomic mass is 32.2. The summed E-state index contributed by atoms with van der Waals surface area (Å²) in [6, 6.07) is 3.69. The summed E-state index contributed by atoms with van der Waals surface area (Å²) in [5.74, 6) is 0.755. The first kappa shape index (κ1) is 11.3. The van der Waals surface area contributed by atoms with Crippen LogP contribution in [0.5, 0.6) is 5.75 Å². The van der Waals surface area contributed by atoms with E-state index in [0.717, 1.165) is 10.8 Å². The molecule has 1 rings (SSSR count). The van der Waals surface area contributed by atoms with Crippen molar-refractivity contribution in [2.24, 2.45) is 0 Å². The maximum atomic E-state index is 9.36. The lowest BCUT2D eigenvalue weighted by atomic mass is 10.3. The van der Waals surface area contributed by atoms with E-state index in [9.17, 15) is 5.11 Å². The molecule has 1 N–H and O–H groups in total. The molecular formula is C10H15NO2S. The second-order valence-corrected chi connectivity index (χ2v) is 4.44. The van der Waals surface area contributed by atoms with Crippen LogP contribution in [-0.2, 0) is 0 Å². The summed E-state index contributed by atoms with van der Waals surface area (Å²) in [6.45, 7) is 3.73. The molecule has 0 aliphatic carbocycles. The maximum Gasteiger partial charge on any atom is 0.151 e. The quantitative estimate of drug-likeness (QED) is 0.776. The Labute approximate surface area is 88.5 Å². The summed E-state index contributed by atoms with van der Waals surface area (Å²) < 4.78 is 5.16. The molecule has 0 aromatic carbocycles. The third kappa shape index (κ3) is 2.89. The van der Waals surface area contributed by atoms with Crippen LogP contribution in [0.1, 0.15) is 13.8 Å². The molecule has 78 valence electrons. The molecule has 1 aromatic rings. The molecule has 1 aromatic heterocycles. The molecular weight excluding hydrogens is 198 g/mol. The molecule has 2 unspecified atom stereocenters. The zero-order valence-electron chi connectivity index (χ0n) is 8.60. The molecule has 0 bridgehead atoms. The SMILES string of the molecule is COc1cccnc1SC(C)C(C)O. The Hall–Kier alpha value is -0.740. The van der Waals surface area contributed by atoms with Crippen molar-refractivity contribution in [3.05, 3.63) is 18.3 Å². The third-order valence-corrected chi connectivity index (χ3v) is 3.23. The molecule has 0 radical (unpaired) electrons. The van der Waals surface area contributed by atoms with Crippen LogP contribution < -0.4 is 4.74 Å². The van der Waals surface area contributed by atoms with Crippen LogP contribution in [0.2, 0.25) is 0 Å². The largest absolute Gasteiger partial charge is 0.494 e. The van der Waals surface area contributed by atoms with Gasteiger partial charge in [-0.3, -0.25) is 0 Å². The van der Waals surface area contributed by atoms with Gasteiger partial charge in [0.1, 0.15) is 5.03 Å². The Bertz CT molecular complexity index is 291. The number of aromatic nitrogens is 1. The van der Waals surface area contributed by atoms with E-state index < -0.39 is 0 Å². The molecule has 0 amide bonds. The van der Waals surface area contributed by atoms with E-state index in [0.29, 0.717) is 0 Å². The van der Waals surface area contributed by atoms with Crippen LogP contribution in [-0.4, -0.2) is 28.6 Å². The fraction of sp³-hybridized carbons (Fsp3) is 0.500. The Balaban J connectivity index is 2.75. The highest BCUT2D eigenvalue weighted by molar-refractivity contribution is 8.00. The number of rotatable bonds is 4. The van der Waals surface area contributed by atoms with E-state index >= 15 is 0 Å². The number of pyridine rings is 1. The molecule has 0 spiro atoms. The zero-order valence-corrected chi connectivity index (χ0v) is 9.41.